The van der Waals surface area contributed by atoms with Crippen molar-refractivity contribution in [3.05, 3.63) is 29.6 Å². The Kier molecular flexibility index (Phi) is 3.44. The number of hydrogen-bond acceptors (Lipinski definition) is 3. The highest BCUT2D eigenvalue weighted by atomic mass is 32.2. The largest absolute Gasteiger partial charge is 0.389 e. The van der Waals surface area contributed by atoms with E-state index >= 15 is 0 Å². The molecule has 0 saturated heterocycles. The summed E-state index contributed by atoms with van der Waals surface area (Å²) in [6.45, 7) is 1.40. The number of sulfonamides is 1. The molecule has 2 N–H and O–H groups in total. The smallest absolute Gasteiger partial charge is 0.241 e. The summed E-state index contributed by atoms with van der Waals surface area (Å²) in [6.07, 6.45) is 2.09. The minimum Gasteiger partial charge on any atom is -0.389 e. The highest BCUT2D eigenvalue weighted by Crippen LogP contribution is 2.31. The molecule has 4 nitrogen and oxygen atoms in total. The first kappa shape index (κ1) is 13.5. The predicted octanol–water partition coefficient (Wildman–Crippen LogP) is 1.33. The first-order chi connectivity index (χ1) is 8.34. The molecule has 1 aliphatic rings. The number of nitrogens with one attached hydrogen (secondary N) is 1. The van der Waals surface area contributed by atoms with Gasteiger partial charge in [0, 0.05) is 12.1 Å². The van der Waals surface area contributed by atoms with Gasteiger partial charge in [0.1, 0.15) is 5.82 Å². The lowest BCUT2D eigenvalue weighted by molar-refractivity contribution is -0.0270. The van der Waals surface area contributed by atoms with Crippen LogP contribution in [0.3, 0.4) is 0 Å². The van der Waals surface area contributed by atoms with Gasteiger partial charge in [-0.3, -0.25) is 0 Å². The summed E-state index contributed by atoms with van der Waals surface area (Å²) >= 11 is 0. The van der Waals surface area contributed by atoms with Crippen LogP contribution in [0, 0.1) is 12.7 Å². The Morgan fingerprint density at radius 1 is 1.44 bits per heavy atom. The van der Waals surface area contributed by atoms with Gasteiger partial charge in [-0.05, 0) is 38.3 Å². The fourth-order valence-corrected chi connectivity index (χ4v) is 3.32. The first-order valence-corrected chi connectivity index (χ1v) is 7.30. The number of halogens is 1. The van der Waals surface area contributed by atoms with E-state index in [0.29, 0.717) is 12.8 Å². The van der Waals surface area contributed by atoms with E-state index in [1.54, 1.807) is 0 Å². The van der Waals surface area contributed by atoms with Crippen molar-refractivity contribution in [3.63, 3.8) is 0 Å². The maximum atomic E-state index is 13.3. The van der Waals surface area contributed by atoms with E-state index in [0.717, 1.165) is 6.42 Å². The summed E-state index contributed by atoms with van der Waals surface area (Å²) in [4.78, 5) is -0.0783. The van der Waals surface area contributed by atoms with E-state index in [9.17, 15) is 17.9 Å². The third kappa shape index (κ3) is 2.55. The van der Waals surface area contributed by atoms with Crippen molar-refractivity contribution in [2.24, 2.45) is 0 Å². The maximum absolute atomic E-state index is 13.3. The number of hydrogen-bond donors (Lipinski definition) is 2. The Bertz CT molecular complexity index is 552. The summed E-state index contributed by atoms with van der Waals surface area (Å²) in [5.41, 5.74) is -0.848. The third-order valence-electron chi connectivity index (χ3n) is 3.38. The molecule has 0 radical (unpaired) electrons. The van der Waals surface area contributed by atoms with Gasteiger partial charge in [0.25, 0.3) is 0 Å². The Morgan fingerprint density at radius 3 is 2.67 bits per heavy atom. The van der Waals surface area contributed by atoms with Gasteiger partial charge in [-0.15, -0.1) is 0 Å². The maximum Gasteiger partial charge on any atom is 0.241 e. The molecule has 0 aliphatic heterocycles. The number of benzene rings is 1. The zero-order valence-electron chi connectivity index (χ0n) is 10.1. The van der Waals surface area contributed by atoms with Gasteiger partial charge in [-0.2, -0.15) is 0 Å². The van der Waals surface area contributed by atoms with Gasteiger partial charge in [0.2, 0.25) is 10.0 Å². The van der Waals surface area contributed by atoms with Crippen molar-refractivity contribution in [2.45, 2.75) is 36.7 Å². The molecule has 0 aromatic heterocycles. The van der Waals surface area contributed by atoms with Crippen molar-refractivity contribution in [3.8, 4) is 0 Å². The van der Waals surface area contributed by atoms with Gasteiger partial charge < -0.3 is 5.11 Å². The average Bonchev–Trinajstić information content (AvgIpc) is 2.27. The molecule has 1 aliphatic carbocycles. The van der Waals surface area contributed by atoms with Gasteiger partial charge in [0.15, 0.2) is 0 Å². The van der Waals surface area contributed by atoms with Crippen molar-refractivity contribution in [1.82, 2.24) is 4.72 Å². The molecular formula is C12H16FNO3S. The van der Waals surface area contributed by atoms with Gasteiger partial charge in [0.05, 0.1) is 10.5 Å². The predicted molar refractivity (Wildman–Crippen MR) is 65.1 cm³/mol. The zero-order chi connectivity index (χ0) is 13.4. The molecule has 0 unspecified atom stereocenters. The molecule has 18 heavy (non-hydrogen) atoms. The number of rotatable bonds is 4. The molecule has 0 heterocycles. The zero-order valence-corrected chi connectivity index (χ0v) is 10.9. The van der Waals surface area contributed by atoms with Crippen LogP contribution in [0.4, 0.5) is 4.39 Å². The summed E-state index contributed by atoms with van der Waals surface area (Å²) in [6, 6.07) is 3.92. The van der Waals surface area contributed by atoms with Crippen LogP contribution in [0.15, 0.2) is 23.1 Å². The Hall–Kier alpha value is -0.980. The second-order valence-corrected chi connectivity index (χ2v) is 6.50. The van der Waals surface area contributed by atoms with E-state index in [1.165, 1.54) is 25.1 Å². The Labute approximate surface area is 106 Å². The Morgan fingerprint density at radius 2 is 2.11 bits per heavy atom. The highest BCUT2D eigenvalue weighted by Gasteiger charge is 2.35. The molecule has 0 atom stereocenters. The quantitative estimate of drug-likeness (QED) is 0.869. The lowest BCUT2D eigenvalue weighted by Crippen LogP contribution is -2.47. The summed E-state index contributed by atoms with van der Waals surface area (Å²) in [7, 11) is -3.77. The van der Waals surface area contributed by atoms with Crippen LogP contribution in [-0.4, -0.2) is 25.7 Å². The second kappa shape index (κ2) is 4.60. The van der Waals surface area contributed by atoms with Gasteiger partial charge in [-0.1, -0.05) is 6.07 Å². The van der Waals surface area contributed by atoms with Crippen LogP contribution in [-0.2, 0) is 10.0 Å². The van der Waals surface area contributed by atoms with Crippen LogP contribution >= 0.6 is 0 Å². The Balaban J connectivity index is 2.18. The van der Waals surface area contributed by atoms with Gasteiger partial charge in [-0.25, -0.2) is 17.5 Å². The lowest BCUT2D eigenvalue weighted by atomic mass is 9.81. The molecule has 0 spiro atoms. The molecule has 1 fully saturated rings. The van der Waals surface area contributed by atoms with Crippen LogP contribution in [0.1, 0.15) is 24.8 Å². The fourth-order valence-electron chi connectivity index (χ4n) is 1.95. The van der Waals surface area contributed by atoms with E-state index in [1.807, 2.05) is 0 Å². The monoisotopic (exact) mass is 273 g/mol. The molecule has 1 aromatic carbocycles. The van der Waals surface area contributed by atoms with Crippen molar-refractivity contribution >= 4 is 10.0 Å². The lowest BCUT2D eigenvalue weighted by Gasteiger charge is -2.36. The van der Waals surface area contributed by atoms with Crippen LogP contribution in [0.2, 0.25) is 0 Å². The molecule has 1 saturated carbocycles. The third-order valence-corrected chi connectivity index (χ3v) is 4.93. The molecule has 2 rings (SSSR count). The highest BCUT2D eigenvalue weighted by molar-refractivity contribution is 7.89. The molecule has 100 valence electrons. The van der Waals surface area contributed by atoms with E-state index in [-0.39, 0.29) is 17.0 Å². The normalized spacial score (nSPS) is 18.4. The van der Waals surface area contributed by atoms with E-state index in [2.05, 4.69) is 4.72 Å². The van der Waals surface area contributed by atoms with Crippen LogP contribution < -0.4 is 4.72 Å². The van der Waals surface area contributed by atoms with E-state index < -0.39 is 21.4 Å². The van der Waals surface area contributed by atoms with Crippen molar-refractivity contribution < 1.29 is 17.9 Å². The van der Waals surface area contributed by atoms with Crippen LogP contribution in [0.5, 0.6) is 0 Å². The van der Waals surface area contributed by atoms with Crippen LogP contribution in [0.25, 0.3) is 0 Å². The topological polar surface area (TPSA) is 66.4 Å². The summed E-state index contributed by atoms with van der Waals surface area (Å²) < 4.78 is 39.7. The molecule has 0 bridgehead atoms. The summed E-state index contributed by atoms with van der Waals surface area (Å²) in [5.74, 6) is -0.555. The van der Waals surface area contributed by atoms with Crippen molar-refractivity contribution in [2.75, 3.05) is 6.54 Å². The summed E-state index contributed by atoms with van der Waals surface area (Å²) in [5, 5.41) is 9.84. The fraction of sp³-hybridized carbons (Fsp3) is 0.500. The van der Waals surface area contributed by atoms with E-state index in [4.69, 9.17) is 0 Å². The average molecular weight is 273 g/mol. The second-order valence-electron chi connectivity index (χ2n) is 4.77. The minimum absolute atomic E-state index is 0.0225. The first-order valence-electron chi connectivity index (χ1n) is 5.81. The minimum atomic E-state index is -3.77. The molecule has 6 heteroatoms. The van der Waals surface area contributed by atoms with Gasteiger partial charge >= 0.3 is 0 Å². The van der Waals surface area contributed by atoms with Crippen molar-refractivity contribution in [1.29, 1.82) is 0 Å². The SMILES string of the molecule is Cc1c(F)cccc1S(=O)(=O)NCC1(O)CCC1. The number of aliphatic hydroxyl groups is 1. The molecule has 0 amide bonds. The molecule has 1 aromatic rings. The standard InChI is InChI=1S/C12H16FNO3S/c1-9-10(13)4-2-5-11(9)18(16,17)14-8-12(15)6-3-7-12/h2,4-5,14-15H,3,6-8H2,1H3. The molecular weight excluding hydrogens is 257 g/mol.